The van der Waals surface area contributed by atoms with Crippen molar-refractivity contribution in [2.24, 2.45) is 5.16 Å². The van der Waals surface area contributed by atoms with E-state index in [4.69, 9.17) is 14.3 Å². The van der Waals surface area contributed by atoms with Gasteiger partial charge in [-0.1, -0.05) is 41.6 Å². The van der Waals surface area contributed by atoms with E-state index in [9.17, 15) is 4.79 Å². The van der Waals surface area contributed by atoms with E-state index in [2.05, 4.69) is 34.7 Å². The minimum Gasteiger partial charge on any atom is -0.386 e. The van der Waals surface area contributed by atoms with Crippen LogP contribution in [0.1, 0.15) is 44.2 Å². The zero-order chi connectivity index (χ0) is 19.4. The Morgan fingerprint density at radius 1 is 1.14 bits per heavy atom. The van der Waals surface area contributed by atoms with Gasteiger partial charge >= 0.3 is 0 Å². The number of nitrogens with zero attached hydrogens (tertiary/aromatic N) is 1. The largest absolute Gasteiger partial charge is 0.386 e. The van der Waals surface area contributed by atoms with Gasteiger partial charge in [-0.2, -0.15) is 0 Å². The van der Waals surface area contributed by atoms with Gasteiger partial charge in [-0.25, -0.2) is 0 Å². The molecule has 1 N–H and O–H groups in total. The normalized spacial score (nSPS) is 19.5. The van der Waals surface area contributed by atoms with Crippen LogP contribution in [-0.4, -0.2) is 37.2 Å². The van der Waals surface area contributed by atoms with Crippen LogP contribution in [0.5, 0.6) is 0 Å². The maximum atomic E-state index is 12.2. The van der Waals surface area contributed by atoms with Gasteiger partial charge in [-0.15, -0.1) is 0 Å². The van der Waals surface area contributed by atoms with Gasteiger partial charge < -0.3 is 19.6 Å². The molecule has 0 radical (unpaired) electrons. The Bertz CT molecular complexity index is 862. The average Bonchev–Trinajstić information content (AvgIpc) is 3.17. The Kier molecular flexibility index (Phi) is 5.59. The number of oxime groups is 1. The van der Waals surface area contributed by atoms with Crippen molar-refractivity contribution in [2.75, 3.05) is 19.8 Å². The highest BCUT2D eigenvalue weighted by atomic mass is 16.7. The molecule has 6 heteroatoms. The van der Waals surface area contributed by atoms with E-state index in [1.807, 2.05) is 25.1 Å². The molecule has 1 aliphatic heterocycles. The van der Waals surface area contributed by atoms with E-state index in [1.54, 1.807) is 0 Å². The van der Waals surface area contributed by atoms with Crippen molar-refractivity contribution in [3.63, 3.8) is 0 Å². The van der Waals surface area contributed by atoms with Crippen molar-refractivity contribution in [2.45, 2.75) is 44.4 Å². The fourth-order valence-corrected chi connectivity index (χ4v) is 3.82. The topological polar surface area (TPSA) is 69.2 Å². The summed E-state index contributed by atoms with van der Waals surface area (Å²) in [6, 6.07) is 14.3. The Morgan fingerprint density at radius 3 is 2.61 bits per heavy atom. The van der Waals surface area contributed by atoms with Crippen molar-refractivity contribution in [3.8, 4) is 0 Å². The maximum Gasteiger partial charge on any atom is 0.261 e. The number of rotatable bonds is 5. The Morgan fingerprint density at radius 2 is 1.86 bits per heavy atom. The summed E-state index contributed by atoms with van der Waals surface area (Å²) in [5, 5.41) is 9.46. The fraction of sp³-hybridized carbons (Fsp3) is 0.455. The Hall–Kier alpha value is -2.44. The first kappa shape index (κ1) is 18.9. The molecule has 1 atom stereocenters. The molecule has 6 nitrogen and oxygen atoms in total. The molecule has 0 unspecified atom stereocenters. The molecular formula is C22H26N2O4. The highest BCUT2D eigenvalue weighted by Crippen LogP contribution is 2.34. The van der Waals surface area contributed by atoms with Crippen LogP contribution in [0.4, 0.5) is 0 Å². The molecule has 0 aromatic heterocycles. The number of hydrogen-bond acceptors (Lipinski definition) is 5. The van der Waals surface area contributed by atoms with E-state index in [0.29, 0.717) is 13.2 Å². The van der Waals surface area contributed by atoms with Crippen LogP contribution >= 0.6 is 0 Å². The van der Waals surface area contributed by atoms with Crippen LogP contribution in [0.2, 0.25) is 0 Å². The van der Waals surface area contributed by atoms with Gasteiger partial charge in [0.15, 0.2) is 12.4 Å². The number of hydrogen-bond donors (Lipinski definition) is 1. The highest BCUT2D eigenvalue weighted by molar-refractivity contribution is 5.85. The van der Waals surface area contributed by atoms with Crippen LogP contribution in [0.25, 0.3) is 10.8 Å². The van der Waals surface area contributed by atoms with E-state index in [1.165, 1.54) is 5.39 Å². The lowest BCUT2D eigenvalue weighted by Crippen LogP contribution is -2.35. The quantitative estimate of drug-likeness (QED) is 0.801. The van der Waals surface area contributed by atoms with Crippen LogP contribution in [0, 0.1) is 0 Å². The first-order chi connectivity index (χ1) is 13.6. The SMILES string of the molecule is C[C@@H](NC(=O)CON=C1CCC2(CC1)OCCO2)c1ccc2ccccc2c1. The smallest absolute Gasteiger partial charge is 0.261 e. The minimum atomic E-state index is -0.411. The second-order valence-electron chi connectivity index (χ2n) is 7.43. The van der Waals surface area contributed by atoms with Crippen LogP contribution in [-0.2, 0) is 19.1 Å². The molecule has 2 aromatic carbocycles. The molecule has 148 valence electrons. The number of carbonyl (C=O) groups is 1. The number of carbonyl (C=O) groups excluding carboxylic acids is 1. The lowest BCUT2D eigenvalue weighted by atomic mass is 9.92. The van der Waals surface area contributed by atoms with Gasteiger partial charge in [0, 0.05) is 12.8 Å². The van der Waals surface area contributed by atoms with Crippen LogP contribution < -0.4 is 5.32 Å². The monoisotopic (exact) mass is 382 g/mol. The predicted molar refractivity (Wildman–Crippen MR) is 107 cm³/mol. The standard InChI is InChI=1S/C22H26N2O4/c1-16(18-7-6-17-4-2-3-5-19(17)14-18)23-21(25)15-28-24-20-8-10-22(11-9-20)26-12-13-27-22/h2-7,14,16H,8-13,15H2,1H3,(H,23,25)/t16-/m1/s1. The van der Waals surface area contributed by atoms with Gasteiger partial charge in [0.2, 0.25) is 0 Å². The Balaban J connectivity index is 1.25. The van der Waals surface area contributed by atoms with Crippen LogP contribution in [0.3, 0.4) is 0 Å². The Labute approximate surface area is 164 Å². The second kappa shape index (κ2) is 8.29. The number of nitrogens with one attached hydrogen (secondary N) is 1. The van der Waals surface area contributed by atoms with Gasteiger partial charge in [-0.3, -0.25) is 4.79 Å². The van der Waals surface area contributed by atoms with Crippen LogP contribution in [0.15, 0.2) is 47.6 Å². The zero-order valence-electron chi connectivity index (χ0n) is 16.1. The molecule has 2 aromatic rings. The number of benzene rings is 2. The predicted octanol–water partition coefficient (Wildman–Crippen LogP) is 3.71. The third-order valence-corrected chi connectivity index (χ3v) is 5.44. The highest BCUT2D eigenvalue weighted by Gasteiger charge is 2.39. The van der Waals surface area contributed by atoms with Crippen molar-refractivity contribution < 1.29 is 19.1 Å². The molecule has 1 aliphatic carbocycles. The molecule has 0 bridgehead atoms. The maximum absolute atomic E-state index is 12.2. The summed E-state index contributed by atoms with van der Waals surface area (Å²) in [5.74, 6) is -0.592. The summed E-state index contributed by atoms with van der Waals surface area (Å²) in [6.45, 7) is 3.22. The summed E-state index contributed by atoms with van der Waals surface area (Å²) < 4.78 is 11.4. The number of fused-ring (bicyclic) bond motifs is 1. The lowest BCUT2D eigenvalue weighted by Gasteiger charge is -2.31. The molecule has 2 fully saturated rings. The van der Waals surface area contributed by atoms with Crippen molar-refractivity contribution >= 4 is 22.4 Å². The molecule has 28 heavy (non-hydrogen) atoms. The summed E-state index contributed by atoms with van der Waals surface area (Å²) in [6.07, 6.45) is 3.13. The van der Waals surface area contributed by atoms with E-state index in [0.717, 1.165) is 42.3 Å². The summed E-state index contributed by atoms with van der Waals surface area (Å²) in [4.78, 5) is 17.5. The first-order valence-corrected chi connectivity index (χ1v) is 9.87. The number of amides is 1. The molecule has 4 rings (SSSR count). The van der Waals surface area contributed by atoms with Gasteiger partial charge in [0.1, 0.15) is 0 Å². The number of ether oxygens (including phenoxy) is 2. The molecule has 2 aliphatic rings. The third kappa shape index (κ3) is 4.34. The molecule has 1 saturated carbocycles. The average molecular weight is 382 g/mol. The molecular weight excluding hydrogens is 356 g/mol. The molecule has 1 heterocycles. The zero-order valence-corrected chi connectivity index (χ0v) is 16.1. The van der Waals surface area contributed by atoms with Gasteiger partial charge in [-0.05, 0) is 42.2 Å². The third-order valence-electron chi connectivity index (χ3n) is 5.44. The summed E-state index contributed by atoms with van der Waals surface area (Å²) in [5.41, 5.74) is 2.02. The van der Waals surface area contributed by atoms with Gasteiger partial charge in [0.05, 0.1) is 25.0 Å². The van der Waals surface area contributed by atoms with E-state index < -0.39 is 5.79 Å². The van der Waals surface area contributed by atoms with Crippen molar-refractivity contribution in [1.82, 2.24) is 5.32 Å². The van der Waals surface area contributed by atoms with E-state index in [-0.39, 0.29) is 18.6 Å². The first-order valence-electron chi connectivity index (χ1n) is 9.87. The van der Waals surface area contributed by atoms with E-state index >= 15 is 0 Å². The molecule has 1 saturated heterocycles. The fourth-order valence-electron chi connectivity index (χ4n) is 3.82. The lowest BCUT2D eigenvalue weighted by molar-refractivity contribution is -0.168. The van der Waals surface area contributed by atoms with Crippen molar-refractivity contribution in [3.05, 3.63) is 48.0 Å². The minimum absolute atomic E-state index is 0.0838. The summed E-state index contributed by atoms with van der Waals surface area (Å²) >= 11 is 0. The molecule has 1 amide bonds. The summed E-state index contributed by atoms with van der Waals surface area (Å²) in [7, 11) is 0. The second-order valence-corrected chi connectivity index (χ2v) is 7.43. The van der Waals surface area contributed by atoms with Gasteiger partial charge in [0.25, 0.3) is 5.91 Å². The molecule has 1 spiro atoms. The van der Waals surface area contributed by atoms with Crippen molar-refractivity contribution in [1.29, 1.82) is 0 Å².